The van der Waals surface area contributed by atoms with Crippen LogP contribution in [0.15, 0.2) is 158 Å². The van der Waals surface area contributed by atoms with Gasteiger partial charge in [0.15, 0.2) is 0 Å². The molecule has 0 aliphatic rings. The highest BCUT2D eigenvalue weighted by atomic mass is 31.2. The number of phosphoric acid groups is 1. The largest absolute Gasteiger partial charge is 0.472 e. The third-order valence-electron chi connectivity index (χ3n) is 15.0. The first-order valence-corrected chi connectivity index (χ1v) is 37.3. The van der Waals surface area contributed by atoms with Gasteiger partial charge in [0, 0.05) is 12.8 Å². The number of rotatable bonds is 63. The molecule has 0 aromatic rings. The monoisotopic (exact) mass is 1250 g/mol. The van der Waals surface area contributed by atoms with E-state index in [1.54, 1.807) is 0 Å². The second kappa shape index (κ2) is 66.5. The average molecular weight is 1250 g/mol. The Bertz CT molecular complexity index is 2080. The number of carbonyl (C=O) groups is 2. The molecule has 10 heteroatoms. The van der Waals surface area contributed by atoms with Crippen molar-refractivity contribution >= 4 is 19.7 Å². The quantitative estimate of drug-likeness (QED) is 0.0205. The molecule has 0 aliphatic heterocycles. The SMILES string of the molecule is CC/C=C\C/C=C\C/C=C\C/C=C\C/C=C\C/C=C\CCCCCCCCCCC(=O)OC(/C=C/CCCCCCCCCCC)C(COP(=O)(O)OCC[N+](C)(C)C)NC(=O)CCCCCCCC/C=C\C/C=C\C/C=C\C/C=C\C/C=C\C/C=C\CC. The molecule has 0 aromatic heterocycles. The van der Waals surface area contributed by atoms with Crippen LogP contribution in [0.25, 0.3) is 0 Å². The molecule has 0 rings (SSSR count). The van der Waals surface area contributed by atoms with Crippen LogP contribution in [-0.4, -0.2) is 74.3 Å². The molecule has 0 spiro atoms. The van der Waals surface area contributed by atoms with E-state index < -0.39 is 20.0 Å². The molecular formula is C79H134N2O7P+. The number of nitrogens with zero attached hydrogens (tertiary/aromatic N) is 1. The maximum atomic E-state index is 13.6. The predicted molar refractivity (Wildman–Crippen MR) is 387 cm³/mol. The van der Waals surface area contributed by atoms with Gasteiger partial charge in [0.2, 0.25) is 5.91 Å². The van der Waals surface area contributed by atoms with Gasteiger partial charge < -0.3 is 19.4 Å². The minimum atomic E-state index is -4.47. The number of carbonyl (C=O) groups excluding carboxylic acids is 2. The fraction of sp³-hybridized carbons (Fsp3) is 0.646. The van der Waals surface area contributed by atoms with Crippen molar-refractivity contribution in [3.05, 3.63) is 158 Å². The Hall–Kier alpha value is -4.37. The molecule has 3 atom stereocenters. The van der Waals surface area contributed by atoms with Crippen LogP contribution >= 0.6 is 7.82 Å². The summed E-state index contributed by atoms with van der Waals surface area (Å²) in [5.41, 5.74) is 0. The summed E-state index contributed by atoms with van der Waals surface area (Å²) in [7, 11) is 1.46. The summed E-state index contributed by atoms with van der Waals surface area (Å²) in [5.74, 6) is -0.541. The second-order valence-electron chi connectivity index (χ2n) is 24.6. The van der Waals surface area contributed by atoms with Crippen molar-refractivity contribution in [1.82, 2.24) is 5.32 Å². The number of hydrogen-bond donors (Lipinski definition) is 2. The van der Waals surface area contributed by atoms with Gasteiger partial charge in [0.1, 0.15) is 19.3 Å². The molecule has 0 fully saturated rings. The maximum absolute atomic E-state index is 13.6. The lowest BCUT2D eigenvalue weighted by atomic mass is 10.1. The summed E-state index contributed by atoms with van der Waals surface area (Å²) in [6.45, 7) is 6.75. The van der Waals surface area contributed by atoms with Crippen LogP contribution in [-0.2, 0) is 27.9 Å². The first-order chi connectivity index (χ1) is 43.4. The zero-order chi connectivity index (χ0) is 64.9. The molecule has 0 radical (unpaired) electrons. The first kappa shape index (κ1) is 84.6. The summed E-state index contributed by atoms with van der Waals surface area (Å²) >= 11 is 0. The molecule has 0 bridgehead atoms. The van der Waals surface area contributed by atoms with Crippen LogP contribution in [0.5, 0.6) is 0 Å². The van der Waals surface area contributed by atoms with Crippen molar-refractivity contribution in [2.75, 3.05) is 40.9 Å². The Morgan fingerprint density at radius 1 is 0.404 bits per heavy atom. The lowest BCUT2D eigenvalue weighted by Gasteiger charge is -2.27. The highest BCUT2D eigenvalue weighted by Crippen LogP contribution is 2.43. The zero-order valence-electron chi connectivity index (χ0n) is 57.9. The van der Waals surface area contributed by atoms with E-state index in [1.165, 1.54) is 70.6 Å². The first-order valence-electron chi connectivity index (χ1n) is 35.8. The number of unbranched alkanes of at least 4 members (excludes halogenated alkanes) is 23. The van der Waals surface area contributed by atoms with Crippen molar-refractivity contribution < 1.29 is 37.3 Å². The van der Waals surface area contributed by atoms with Gasteiger partial charge in [-0.3, -0.25) is 18.6 Å². The molecule has 3 unspecified atom stereocenters. The van der Waals surface area contributed by atoms with E-state index in [0.717, 1.165) is 173 Å². The smallest absolute Gasteiger partial charge is 0.456 e. The Morgan fingerprint density at radius 2 is 0.719 bits per heavy atom. The number of allylic oxidation sites excluding steroid dienone is 25. The average Bonchev–Trinajstić information content (AvgIpc) is 3.71. The Kier molecular flexibility index (Phi) is 63.3. The molecule has 0 heterocycles. The molecule has 0 saturated carbocycles. The third kappa shape index (κ3) is 67.8. The van der Waals surface area contributed by atoms with Crippen LogP contribution in [0.1, 0.15) is 278 Å². The highest BCUT2D eigenvalue weighted by molar-refractivity contribution is 7.47. The van der Waals surface area contributed by atoms with E-state index >= 15 is 0 Å². The topological polar surface area (TPSA) is 111 Å². The van der Waals surface area contributed by atoms with Gasteiger partial charge >= 0.3 is 13.8 Å². The number of quaternary nitrogens is 1. The number of phosphoric ester groups is 1. The predicted octanol–water partition coefficient (Wildman–Crippen LogP) is 23.1. The van der Waals surface area contributed by atoms with Crippen LogP contribution < -0.4 is 5.32 Å². The summed E-state index contributed by atoms with van der Waals surface area (Å²) in [6, 6.07) is -0.873. The minimum absolute atomic E-state index is 0.0267. The zero-order valence-corrected chi connectivity index (χ0v) is 58.8. The number of nitrogens with one attached hydrogen (secondary N) is 1. The summed E-state index contributed by atoms with van der Waals surface area (Å²) < 4.78 is 30.8. The molecule has 2 N–H and O–H groups in total. The lowest BCUT2D eigenvalue weighted by molar-refractivity contribution is -0.870. The number of ether oxygens (including phenoxy) is 1. The number of amides is 1. The third-order valence-corrected chi connectivity index (χ3v) is 15.9. The molecule has 89 heavy (non-hydrogen) atoms. The van der Waals surface area contributed by atoms with Crippen LogP contribution in [0.4, 0.5) is 0 Å². The molecule has 9 nitrogen and oxygen atoms in total. The Morgan fingerprint density at radius 3 is 1.08 bits per heavy atom. The lowest BCUT2D eigenvalue weighted by Crippen LogP contribution is -2.47. The molecule has 0 aromatic carbocycles. The molecular weight excluding hydrogens is 1120 g/mol. The van der Waals surface area contributed by atoms with Gasteiger partial charge in [-0.1, -0.05) is 288 Å². The van der Waals surface area contributed by atoms with Crippen molar-refractivity contribution in [1.29, 1.82) is 0 Å². The molecule has 0 aliphatic carbocycles. The van der Waals surface area contributed by atoms with Gasteiger partial charge in [-0.15, -0.1) is 0 Å². The van der Waals surface area contributed by atoms with E-state index in [0.29, 0.717) is 17.4 Å². The van der Waals surface area contributed by atoms with E-state index in [9.17, 15) is 19.0 Å². The Labute approximate surface area is 548 Å². The summed E-state index contributed by atoms with van der Waals surface area (Å²) in [5, 5.41) is 3.05. The van der Waals surface area contributed by atoms with Crippen molar-refractivity contribution in [3.63, 3.8) is 0 Å². The minimum Gasteiger partial charge on any atom is -0.456 e. The van der Waals surface area contributed by atoms with Gasteiger partial charge in [-0.2, -0.15) is 0 Å². The second-order valence-corrected chi connectivity index (χ2v) is 26.1. The standard InChI is InChI=1S/C79H133N2O7P/c1-7-10-13-16-19-22-25-27-29-31-33-35-37-39-40-42-44-46-48-50-52-54-57-60-63-66-69-72-79(83)88-77(70-67-64-61-58-55-24-21-18-15-12-9-3)76(75-87-89(84,85)86-74-73-81(4,5)6)80-78(82)71-68-65-62-59-56-53-51-49-47-45-43-41-38-36-34-32-30-28-26-23-20-17-14-11-8-2/h10-11,13-14,19-20,22-23,27-30,33-36,39-41,43-44,46-47,49,67,70,76-77H,7-9,12,15-18,21,24-26,31-32,37-38,42,45,48,50-66,68-69,71-75H2,1-6H3,(H-,80,82,84,85)/p+1/b13-10-,14-11-,22-19-,23-20-,29-27-,30-28-,35-33-,36-34-,40-39-,43-41-,46-44-,49-47-,70-67+. The number of esters is 1. The van der Waals surface area contributed by atoms with Gasteiger partial charge in [-0.25, -0.2) is 4.57 Å². The van der Waals surface area contributed by atoms with Crippen LogP contribution in [0, 0.1) is 0 Å². The van der Waals surface area contributed by atoms with Gasteiger partial charge in [0.25, 0.3) is 0 Å². The fourth-order valence-electron chi connectivity index (χ4n) is 9.54. The van der Waals surface area contributed by atoms with E-state index in [1.807, 2.05) is 33.3 Å². The van der Waals surface area contributed by atoms with Gasteiger partial charge in [-0.05, 0) is 134 Å². The fourth-order valence-corrected chi connectivity index (χ4v) is 10.3. The number of likely N-dealkylation sites (N-methyl/N-ethyl adjacent to an activating group) is 1. The van der Waals surface area contributed by atoms with E-state index in [4.69, 9.17) is 13.8 Å². The molecule has 506 valence electrons. The van der Waals surface area contributed by atoms with E-state index in [2.05, 4.69) is 172 Å². The molecule has 1 amide bonds. The van der Waals surface area contributed by atoms with Crippen LogP contribution in [0.2, 0.25) is 0 Å². The van der Waals surface area contributed by atoms with Gasteiger partial charge in [0.05, 0.1) is 33.8 Å². The van der Waals surface area contributed by atoms with Crippen molar-refractivity contribution in [3.8, 4) is 0 Å². The van der Waals surface area contributed by atoms with Crippen LogP contribution in [0.3, 0.4) is 0 Å². The highest BCUT2D eigenvalue weighted by Gasteiger charge is 2.30. The Balaban J connectivity index is 5.10. The normalized spacial score (nSPS) is 14.5. The summed E-state index contributed by atoms with van der Waals surface area (Å²) in [4.78, 5) is 37.9. The number of hydrogen-bond acceptors (Lipinski definition) is 6. The van der Waals surface area contributed by atoms with Crippen molar-refractivity contribution in [2.24, 2.45) is 0 Å². The van der Waals surface area contributed by atoms with E-state index in [-0.39, 0.29) is 31.5 Å². The maximum Gasteiger partial charge on any atom is 0.472 e. The summed E-state index contributed by atoms with van der Waals surface area (Å²) in [6.07, 6.45) is 98.2. The van der Waals surface area contributed by atoms with Crippen molar-refractivity contribution in [2.45, 2.75) is 290 Å². The molecule has 0 saturated heterocycles.